The molecule has 0 bridgehead atoms. The van der Waals surface area contributed by atoms with Crippen LogP contribution in [0.2, 0.25) is 0 Å². The van der Waals surface area contributed by atoms with E-state index >= 15 is 0 Å². The second-order valence-electron chi connectivity index (χ2n) is 6.46. The van der Waals surface area contributed by atoms with Crippen LogP contribution in [0.25, 0.3) is 11.4 Å². The van der Waals surface area contributed by atoms with Gasteiger partial charge in [0.25, 0.3) is 0 Å². The molecular weight excluding hydrogens is 368 g/mol. The van der Waals surface area contributed by atoms with Crippen molar-refractivity contribution in [1.82, 2.24) is 9.97 Å². The maximum Gasteiger partial charge on any atom is 0.120 e. The Balaban J connectivity index is 1.47. The van der Waals surface area contributed by atoms with Gasteiger partial charge >= 0.3 is 0 Å². The molecule has 0 aliphatic heterocycles. The van der Waals surface area contributed by atoms with Gasteiger partial charge in [-0.25, -0.2) is 0 Å². The number of nitrogens with zero attached hydrogens (tertiary/aromatic N) is 2. The minimum Gasteiger partial charge on any atom is -0.497 e. The Morgan fingerprint density at radius 3 is 1.70 bits per heavy atom. The largest absolute Gasteiger partial charge is 0.497 e. The molecule has 2 aromatic carbocycles. The summed E-state index contributed by atoms with van der Waals surface area (Å²) in [4.78, 5) is 8.98. The van der Waals surface area contributed by atoms with Crippen LogP contribution in [0.1, 0.15) is 22.3 Å². The standard InChI is InChI=1S/C27H18N2O/c1-30-25-9-5-8-22(18-25)11-13-24-15-17-27(29-20-24)26-16-14-23(19-28-26)12-10-21-6-3-2-4-7-21/h2-9,14-20H,1H3. The average Bonchev–Trinajstić information content (AvgIpc) is 2.83. The SMILES string of the molecule is COc1cccc(C#Cc2ccc(-c3ccc(C#Cc4ccccc4)cn3)nc2)c1. The van der Waals surface area contributed by atoms with Crippen LogP contribution in [0.3, 0.4) is 0 Å². The van der Waals surface area contributed by atoms with E-state index in [4.69, 9.17) is 4.74 Å². The molecule has 0 saturated carbocycles. The lowest BCUT2D eigenvalue weighted by atomic mass is 10.1. The predicted molar refractivity (Wildman–Crippen MR) is 119 cm³/mol. The molecule has 2 heterocycles. The van der Waals surface area contributed by atoms with Gasteiger partial charge in [-0.1, -0.05) is 47.9 Å². The van der Waals surface area contributed by atoms with Crippen LogP contribution >= 0.6 is 0 Å². The molecule has 2 aromatic heterocycles. The minimum absolute atomic E-state index is 0.790. The molecule has 3 nitrogen and oxygen atoms in total. The topological polar surface area (TPSA) is 35.0 Å². The predicted octanol–water partition coefficient (Wildman–Crippen LogP) is 4.95. The lowest BCUT2D eigenvalue weighted by Gasteiger charge is -2.00. The summed E-state index contributed by atoms with van der Waals surface area (Å²) in [7, 11) is 1.64. The molecule has 0 amide bonds. The summed E-state index contributed by atoms with van der Waals surface area (Å²) in [6.45, 7) is 0. The summed E-state index contributed by atoms with van der Waals surface area (Å²) < 4.78 is 5.22. The van der Waals surface area contributed by atoms with Gasteiger partial charge in [0.15, 0.2) is 0 Å². The van der Waals surface area contributed by atoms with Gasteiger partial charge < -0.3 is 4.74 Å². The Kier molecular flexibility index (Phi) is 5.85. The van der Waals surface area contributed by atoms with Crippen molar-refractivity contribution in [2.24, 2.45) is 0 Å². The van der Waals surface area contributed by atoms with Crippen molar-refractivity contribution in [3.05, 3.63) is 114 Å². The first-order valence-corrected chi connectivity index (χ1v) is 9.46. The van der Waals surface area contributed by atoms with E-state index in [1.54, 1.807) is 19.5 Å². The van der Waals surface area contributed by atoms with E-state index in [1.165, 1.54) is 0 Å². The molecule has 0 aliphatic rings. The molecule has 4 rings (SSSR count). The van der Waals surface area contributed by atoms with Crippen LogP contribution in [-0.4, -0.2) is 17.1 Å². The number of ether oxygens (including phenoxy) is 1. The third-order valence-corrected chi connectivity index (χ3v) is 4.34. The summed E-state index contributed by atoms with van der Waals surface area (Å²) >= 11 is 0. The molecule has 0 aliphatic carbocycles. The van der Waals surface area contributed by atoms with Crippen molar-refractivity contribution in [3.63, 3.8) is 0 Å². The highest BCUT2D eigenvalue weighted by Crippen LogP contribution is 2.15. The average molecular weight is 386 g/mol. The number of hydrogen-bond acceptors (Lipinski definition) is 3. The van der Waals surface area contributed by atoms with Crippen LogP contribution < -0.4 is 4.74 Å². The van der Waals surface area contributed by atoms with Gasteiger partial charge in [-0.3, -0.25) is 9.97 Å². The molecule has 30 heavy (non-hydrogen) atoms. The van der Waals surface area contributed by atoms with E-state index in [1.807, 2.05) is 78.9 Å². The van der Waals surface area contributed by atoms with Gasteiger partial charge in [0.05, 0.1) is 18.5 Å². The van der Waals surface area contributed by atoms with E-state index in [-0.39, 0.29) is 0 Å². The molecule has 4 aromatic rings. The lowest BCUT2D eigenvalue weighted by molar-refractivity contribution is 0.414. The summed E-state index contributed by atoms with van der Waals surface area (Å²) in [5, 5.41) is 0. The highest BCUT2D eigenvalue weighted by atomic mass is 16.5. The third-order valence-electron chi connectivity index (χ3n) is 4.34. The number of pyridine rings is 2. The van der Waals surface area contributed by atoms with Crippen molar-refractivity contribution in [2.75, 3.05) is 7.11 Å². The summed E-state index contributed by atoms with van der Waals surface area (Å²) in [6.07, 6.45) is 3.52. The molecule has 0 atom stereocenters. The Bertz CT molecular complexity index is 1250. The Hall–Kier alpha value is -4.34. The molecule has 142 valence electrons. The van der Waals surface area contributed by atoms with Crippen molar-refractivity contribution >= 4 is 0 Å². The van der Waals surface area contributed by atoms with E-state index in [9.17, 15) is 0 Å². The first-order chi connectivity index (χ1) is 14.8. The second kappa shape index (κ2) is 9.24. The maximum atomic E-state index is 5.22. The maximum absolute atomic E-state index is 5.22. The van der Waals surface area contributed by atoms with Crippen molar-refractivity contribution in [3.8, 4) is 40.8 Å². The van der Waals surface area contributed by atoms with Crippen molar-refractivity contribution in [1.29, 1.82) is 0 Å². The number of methoxy groups -OCH3 is 1. The van der Waals surface area contributed by atoms with Gasteiger partial charge in [0.2, 0.25) is 0 Å². The first-order valence-electron chi connectivity index (χ1n) is 9.46. The molecule has 0 N–H and O–H groups in total. The fraction of sp³-hybridized carbons (Fsp3) is 0.0370. The fourth-order valence-electron chi connectivity index (χ4n) is 2.75. The normalized spacial score (nSPS) is 9.63. The monoisotopic (exact) mass is 386 g/mol. The molecule has 0 saturated heterocycles. The van der Waals surface area contributed by atoms with Crippen molar-refractivity contribution in [2.45, 2.75) is 0 Å². The van der Waals surface area contributed by atoms with Crippen LogP contribution in [0.4, 0.5) is 0 Å². The molecule has 0 fully saturated rings. The van der Waals surface area contributed by atoms with Crippen LogP contribution in [0.15, 0.2) is 91.3 Å². The second-order valence-corrected chi connectivity index (χ2v) is 6.46. The van der Waals surface area contributed by atoms with Crippen LogP contribution in [-0.2, 0) is 0 Å². The van der Waals surface area contributed by atoms with E-state index in [0.717, 1.165) is 39.4 Å². The number of aromatic nitrogens is 2. The number of hydrogen-bond donors (Lipinski definition) is 0. The highest BCUT2D eigenvalue weighted by molar-refractivity contribution is 5.56. The summed E-state index contributed by atoms with van der Waals surface area (Å²) in [5.74, 6) is 13.3. The van der Waals surface area contributed by atoms with Crippen molar-refractivity contribution < 1.29 is 4.74 Å². The van der Waals surface area contributed by atoms with E-state index in [2.05, 4.69) is 33.6 Å². The minimum atomic E-state index is 0.790. The van der Waals surface area contributed by atoms with Gasteiger partial charge in [-0.2, -0.15) is 0 Å². The molecule has 0 unspecified atom stereocenters. The lowest BCUT2D eigenvalue weighted by Crippen LogP contribution is -1.89. The zero-order valence-electron chi connectivity index (χ0n) is 16.5. The van der Waals surface area contributed by atoms with Gasteiger partial charge in [0, 0.05) is 34.6 Å². The quantitative estimate of drug-likeness (QED) is 0.457. The molecule has 3 heteroatoms. The van der Waals surface area contributed by atoms with Gasteiger partial charge in [0.1, 0.15) is 5.75 Å². The molecular formula is C27H18N2O. The van der Waals surface area contributed by atoms with Crippen LogP contribution in [0.5, 0.6) is 5.75 Å². The summed E-state index contributed by atoms with van der Waals surface area (Å²) in [5.41, 5.74) is 5.17. The molecule has 0 spiro atoms. The van der Waals surface area contributed by atoms with Crippen LogP contribution in [0, 0.1) is 23.7 Å². The Morgan fingerprint density at radius 2 is 1.13 bits per heavy atom. The Morgan fingerprint density at radius 1 is 0.567 bits per heavy atom. The van der Waals surface area contributed by atoms with Gasteiger partial charge in [-0.05, 0) is 54.6 Å². The summed E-state index contributed by atoms with van der Waals surface area (Å²) in [6, 6.07) is 25.3. The molecule has 0 radical (unpaired) electrons. The first kappa shape index (κ1) is 19.0. The van der Waals surface area contributed by atoms with Gasteiger partial charge in [-0.15, -0.1) is 0 Å². The van der Waals surface area contributed by atoms with E-state index < -0.39 is 0 Å². The highest BCUT2D eigenvalue weighted by Gasteiger charge is 2.01. The van der Waals surface area contributed by atoms with E-state index in [0.29, 0.717) is 0 Å². The fourth-order valence-corrected chi connectivity index (χ4v) is 2.75. The zero-order chi connectivity index (χ0) is 20.6. The number of benzene rings is 2. The number of rotatable bonds is 2. The zero-order valence-corrected chi connectivity index (χ0v) is 16.5. The third kappa shape index (κ3) is 4.93. The Labute approximate surface area is 176 Å². The smallest absolute Gasteiger partial charge is 0.120 e.